The van der Waals surface area contributed by atoms with Gasteiger partial charge in [-0.25, -0.2) is 16.8 Å². The van der Waals surface area contributed by atoms with Gasteiger partial charge in [-0.15, -0.1) is 0 Å². The number of hydrogen-bond acceptors (Lipinski definition) is 7. The van der Waals surface area contributed by atoms with Gasteiger partial charge in [0.15, 0.2) is 0 Å². The van der Waals surface area contributed by atoms with Crippen LogP contribution in [0.1, 0.15) is 11.1 Å². The van der Waals surface area contributed by atoms with Gasteiger partial charge in [0.05, 0.1) is 35.4 Å². The number of ether oxygens (including phenoxy) is 2. The lowest BCUT2D eigenvalue weighted by Crippen LogP contribution is -2.17. The summed E-state index contributed by atoms with van der Waals surface area (Å²) < 4.78 is 69.2. The van der Waals surface area contributed by atoms with Crippen LogP contribution in [0, 0.1) is 13.8 Å². The summed E-state index contributed by atoms with van der Waals surface area (Å²) in [7, 11) is -5.46. The molecule has 0 aliphatic heterocycles. The molecule has 4 rings (SSSR count). The standard InChI is InChI=1S/C26H26N2O7S2/c1-16-11-20(34-3)7-9-24(16)27-36(30,31)22-13-18-5-6-19(29)14-23(18)26(15-22)37(32,33)28-25-10-8-21(35-4)12-17(25)2/h5-15,27-29H,1-4H3. The molecule has 11 heteroatoms. The maximum atomic E-state index is 13.5. The summed E-state index contributed by atoms with van der Waals surface area (Å²) in [6.07, 6.45) is 0. The first kappa shape index (κ1) is 26.1. The second-order valence-electron chi connectivity index (χ2n) is 8.40. The molecule has 0 aliphatic rings. The molecule has 4 aromatic rings. The SMILES string of the molecule is COc1ccc(NS(=O)(=O)c2cc(S(=O)(=O)Nc3ccc(OC)cc3C)c3cc(O)ccc3c2)c(C)c1. The van der Waals surface area contributed by atoms with Crippen LogP contribution < -0.4 is 18.9 Å². The second kappa shape index (κ2) is 9.83. The lowest BCUT2D eigenvalue weighted by atomic mass is 10.1. The van der Waals surface area contributed by atoms with Crippen molar-refractivity contribution in [3.05, 3.63) is 77.9 Å². The number of methoxy groups -OCH3 is 2. The molecule has 0 atom stereocenters. The van der Waals surface area contributed by atoms with Gasteiger partial charge in [0.25, 0.3) is 20.0 Å². The predicted molar refractivity (Wildman–Crippen MR) is 143 cm³/mol. The van der Waals surface area contributed by atoms with E-state index >= 15 is 0 Å². The molecule has 0 heterocycles. The summed E-state index contributed by atoms with van der Waals surface area (Å²) in [5.41, 5.74) is 1.85. The first-order valence-electron chi connectivity index (χ1n) is 11.1. The zero-order valence-electron chi connectivity index (χ0n) is 20.6. The molecule has 0 unspecified atom stereocenters. The van der Waals surface area contributed by atoms with Crippen molar-refractivity contribution in [2.45, 2.75) is 23.6 Å². The summed E-state index contributed by atoms with van der Waals surface area (Å²) in [4.78, 5) is -0.560. The molecule has 0 saturated heterocycles. The number of nitrogens with one attached hydrogen (secondary N) is 2. The highest BCUT2D eigenvalue weighted by molar-refractivity contribution is 7.93. The predicted octanol–water partition coefficient (Wildman–Crippen LogP) is 4.78. The van der Waals surface area contributed by atoms with Crippen molar-refractivity contribution in [1.82, 2.24) is 0 Å². The van der Waals surface area contributed by atoms with Crippen LogP contribution in [0.3, 0.4) is 0 Å². The van der Waals surface area contributed by atoms with Crippen LogP contribution in [0.25, 0.3) is 10.8 Å². The summed E-state index contributed by atoms with van der Waals surface area (Å²) in [6, 6.07) is 16.2. The van der Waals surface area contributed by atoms with Crippen molar-refractivity contribution >= 4 is 42.2 Å². The average Bonchev–Trinajstić information content (AvgIpc) is 2.85. The largest absolute Gasteiger partial charge is 0.508 e. The molecule has 3 N–H and O–H groups in total. The Morgan fingerprint density at radius 3 is 1.73 bits per heavy atom. The van der Waals surface area contributed by atoms with Gasteiger partial charge in [-0.05, 0) is 91.0 Å². The minimum absolute atomic E-state index is 0.160. The molecular formula is C26H26N2O7S2. The zero-order chi connectivity index (χ0) is 27.0. The molecule has 0 aromatic heterocycles. The highest BCUT2D eigenvalue weighted by Crippen LogP contribution is 2.33. The van der Waals surface area contributed by atoms with Gasteiger partial charge in [-0.1, -0.05) is 6.07 Å². The first-order chi connectivity index (χ1) is 17.4. The molecule has 0 radical (unpaired) electrons. The number of aryl methyl sites for hydroxylation is 2. The maximum Gasteiger partial charge on any atom is 0.262 e. The number of hydrogen-bond donors (Lipinski definition) is 3. The van der Waals surface area contributed by atoms with E-state index in [1.54, 1.807) is 50.2 Å². The summed E-state index contributed by atoms with van der Waals surface area (Å²) >= 11 is 0. The van der Waals surface area contributed by atoms with Gasteiger partial charge in [0, 0.05) is 5.39 Å². The van der Waals surface area contributed by atoms with E-state index in [-0.39, 0.29) is 20.9 Å². The van der Waals surface area contributed by atoms with E-state index in [0.717, 1.165) is 6.07 Å². The first-order valence-corrected chi connectivity index (χ1v) is 14.0. The molecular weight excluding hydrogens is 516 g/mol. The van der Waals surface area contributed by atoms with Crippen LogP contribution >= 0.6 is 0 Å². The van der Waals surface area contributed by atoms with Crippen LogP contribution in [0.4, 0.5) is 11.4 Å². The van der Waals surface area contributed by atoms with Gasteiger partial charge in [0.1, 0.15) is 17.2 Å². The Morgan fingerprint density at radius 1 is 0.676 bits per heavy atom. The quantitative estimate of drug-likeness (QED) is 0.292. The average molecular weight is 543 g/mol. The van der Waals surface area contributed by atoms with Crippen molar-refractivity contribution in [2.24, 2.45) is 0 Å². The number of sulfonamides is 2. The van der Waals surface area contributed by atoms with Crippen LogP contribution in [0.5, 0.6) is 17.2 Å². The molecule has 0 aliphatic carbocycles. The maximum absolute atomic E-state index is 13.5. The van der Waals surface area contributed by atoms with Gasteiger partial charge >= 0.3 is 0 Å². The number of anilines is 2. The summed E-state index contributed by atoms with van der Waals surface area (Å²) in [5.74, 6) is 0.968. The fraction of sp³-hybridized carbons (Fsp3) is 0.154. The zero-order valence-corrected chi connectivity index (χ0v) is 22.2. The smallest absolute Gasteiger partial charge is 0.262 e. The van der Waals surface area contributed by atoms with Crippen LogP contribution in [0.15, 0.2) is 76.5 Å². The number of benzene rings is 4. The fourth-order valence-corrected chi connectivity index (χ4v) is 6.46. The van der Waals surface area contributed by atoms with Crippen molar-refractivity contribution in [3.8, 4) is 17.2 Å². The lowest BCUT2D eigenvalue weighted by Gasteiger charge is -2.16. The van der Waals surface area contributed by atoms with E-state index in [1.807, 2.05) is 0 Å². The summed E-state index contributed by atoms with van der Waals surface area (Å²) in [5, 5.41) is 10.5. The molecule has 37 heavy (non-hydrogen) atoms. The molecule has 0 amide bonds. The highest BCUT2D eigenvalue weighted by Gasteiger charge is 2.25. The fourth-order valence-electron chi connectivity index (χ4n) is 3.82. The lowest BCUT2D eigenvalue weighted by molar-refractivity contribution is 0.414. The Bertz CT molecular complexity index is 1720. The van der Waals surface area contributed by atoms with E-state index in [4.69, 9.17) is 9.47 Å². The van der Waals surface area contributed by atoms with E-state index in [1.165, 1.54) is 38.5 Å². The topological polar surface area (TPSA) is 131 Å². The molecule has 4 aromatic carbocycles. The molecule has 9 nitrogen and oxygen atoms in total. The number of phenolic OH excluding ortho intramolecular Hbond substituents is 1. The molecule has 194 valence electrons. The number of phenols is 1. The van der Waals surface area contributed by atoms with Crippen molar-refractivity contribution in [1.29, 1.82) is 0 Å². The van der Waals surface area contributed by atoms with E-state index in [2.05, 4.69) is 9.44 Å². The highest BCUT2D eigenvalue weighted by atomic mass is 32.2. The summed E-state index contributed by atoms with van der Waals surface area (Å²) in [6.45, 7) is 3.44. The van der Waals surface area contributed by atoms with E-state index in [0.29, 0.717) is 39.4 Å². The van der Waals surface area contributed by atoms with Crippen molar-refractivity contribution in [3.63, 3.8) is 0 Å². The third-order valence-electron chi connectivity index (χ3n) is 5.83. The van der Waals surface area contributed by atoms with E-state index in [9.17, 15) is 21.9 Å². The Morgan fingerprint density at radius 2 is 1.22 bits per heavy atom. The minimum Gasteiger partial charge on any atom is -0.508 e. The molecule has 0 spiro atoms. The Kier molecular flexibility index (Phi) is 6.94. The van der Waals surface area contributed by atoms with Crippen molar-refractivity contribution in [2.75, 3.05) is 23.7 Å². The normalized spacial score (nSPS) is 11.8. The Balaban J connectivity index is 1.83. The Hall–Kier alpha value is -3.96. The Labute approximate surface area is 215 Å². The molecule has 0 bridgehead atoms. The van der Waals surface area contributed by atoms with Crippen LogP contribution in [-0.2, 0) is 20.0 Å². The number of aromatic hydroxyl groups is 1. The molecule has 0 fully saturated rings. The third kappa shape index (κ3) is 5.42. The van der Waals surface area contributed by atoms with Crippen LogP contribution in [-0.4, -0.2) is 36.2 Å². The monoisotopic (exact) mass is 542 g/mol. The third-order valence-corrected chi connectivity index (χ3v) is 8.58. The molecule has 0 saturated carbocycles. The van der Waals surface area contributed by atoms with E-state index < -0.39 is 20.0 Å². The van der Waals surface area contributed by atoms with Gasteiger partial charge in [-0.3, -0.25) is 9.44 Å². The van der Waals surface area contributed by atoms with Crippen molar-refractivity contribution < 1.29 is 31.4 Å². The number of rotatable bonds is 8. The van der Waals surface area contributed by atoms with Crippen LogP contribution in [0.2, 0.25) is 0 Å². The van der Waals surface area contributed by atoms with Gasteiger partial charge in [0.2, 0.25) is 0 Å². The number of fused-ring (bicyclic) bond motifs is 1. The minimum atomic E-state index is -4.28. The van der Waals surface area contributed by atoms with Gasteiger partial charge in [-0.2, -0.15) is 0 Å². The van der Waals surface area contributed by atoms with Gasteiger partial charge < -0.3 is 14.6 Å². The second-order valence-corrected chi connectivity index (χ2v) is 11.7.